The maximum Gasteiger partial charge on any atom is 0.248 e. The van der Waals surface area contributed by atoms with Crippen LogP contribution in [-0.2, 0) is 17.6 Å². The zero-order valence-electron chi connectivity index (χ0n) is 14.7. The van der Waals surface area contributed by atoms with Gasteiger partial charge in [0.25, 0.3) is 0 Å². The van der Waals surface area contributed by atoms with Gasteiger partial charge in [0.15, 0.2) is 0 Å². The number of amides is 1. The Hall–Kier alpha value is -3.10. The van der Waals surface area contributed by atoms with E-state index < -0.39 is 0 Å². The van der Waals surface area contributed by atoms with Gasteiger partial charge in [-0.05, 0) is 30.5 Å². The Morgan fingerprint density at radius 2 is 1.93 bits per heavy atom. The summed E-state index contributed by atoms with van der Waals surface area (Å²) < 4.78 is 0. The van der Waals surface area contributed by atoms with Crippen LogP contribution in [-0.4, -0.2) is 32.1 Å². The molecule has 4 N–H and O–H groups in total. The van der Waals surface area contributed by atoms with Gasteiger partial charge in [-0.15, -0.1) is 5.10 Å². The number of rotatable bonds is 6. The highest BCUT2D eigenvalue weighted by Crippen LogP contribution is 2.20. The fourth-order valence-corrected chi connectivity index (χ4v) is 3.07. The predicted molar refractivity (Wildman–Crippen MR) is 101 cm³/mol. The minimum atomic E-state index is -0.372. The van der Waals surface area contributed by atoms with E-state index >= 15 is 0 Å². The summed E-state index contributed by atoms with van der Waals surface area (Å²) in [7, 11) is 0. The van der Waals surface area contributed by atoms with E-state index in [0.717, 1.165) is 24.4 Å². The average Bonchev–Trinajstić information content (AvgIpc) is 3.38. The fraction of sp³-hybridized carbons (Fsp3) is 0.263. The number of hydrazine groups is 1. The second-order valence-electron chi connectivity index (χ2n) is 6.46. The molecular formula is C19H21N7O. The molecular weight excluding hydrogens is 342 g/mol. The molecule has 8 heteroatoms. The van der Waals surface area contributed by atoms with E-state index in [1.807, 2.05) is 36.4 Å². The number of benzene rings is 1. The number of hydrogen-bond acceptors (Lipinski definition) is 6. The lowest BCUT2D eigenvalue weighted by Gasteiger charge is -2.08. The third-order valence-corrected chi connectivity index (χ3v) is 4.52. The van der Waals surface area contributed by atoms with E-state index in [1.165, 1.54) is 5.56 Å². The monoisotopic (exact) mass is 363 g/mol. The third kappa shape index (κ3) is 4.36. The molecule has 0 saturated carbocycles. The number of carbonyl (C=O) groups is 1. The van der Waals surface area contributed by atoms with Crippen LogP contribution in [0.25, 0.3) is 0 Å². The summed E-state index contributed by atoms with van der Waals surface area (Å²) in [4.78, 5) is 21.1. The van der Waals surface area contributed by atoms with Gasteiger partial charge in [0.1, 0.15) is 11.9 Å². The molecule has 2 unspecified atom stereocenters. The van der Waals surface area contributed by atoms with Crippen LogP contribution in [0.3, 0.4) is 0 Å². The van der Waals surface area contributed by atoms with Crippen LogP contribution in [0.1, 0.15) is 29.5 Å². The first-order valence-corrected chi connectivity index (χ1v) is 8.96. The lowest BCUT2D eigenvalue weighted by atomic mass is 10.1. The molecule has 1 saturated heterocycles. The van der Waals surface area contributed by atoms with Crippen molar-refractivity contribution in [2.45, 2.75) is 31.3 Å². The van der Waals surface area contributed by atoms with Crippen LogP contribution >= 0.6 is 0 Å². The molecule has 0 spiro atoms. The number of aromatic amines is 1. The molecule has 27 heavy (non-hydrogen) atoms. The zero-order chi connectivity index (χ0) is 18.5. The summed E-state index contributed by atoms with van der Waals surface area (Å²) in [6.45, 7) is 0. The largest absolute Gasteiger partial charge is 0.292 e. The molecule has 138 valence electrons. The normalized spacial score (nSPS) is 19.1. The van der Waals surface area contributed by atoms with E-state index in [9.17, 15) is 4.79 Å². The Morgan fingerprint density at radius 1 is 1.07 bits per heavy atom. The van der Waals surface area contributed by atoms with Crippen LogP contribution in [0, 0.1) is 0 Å². The second kappa shape index (κ2) is 8.07. The number of aromatic nitrogens is 4. The first-order valence-electron chi connectivity index (χ1n) is 8.96. The molecule has 0 bridgehead atoms. The Morgan fingerprint density at radius 3 is 2.74 bits per heavy atom. The highest BCUT2D eigenvalue weighted by molar-refractivity contribution is 5.93. The minimum absolute atomic E-state index is 0.00414. The summed E-state index contributed by atoms with van der Waals surface area (Å²) in [5.41, 5.74) is 8.26. The molecule has 3 heterocycles. The Labute approximate surface area is 156 Å². The smallest absolute Gasteiger partial charge is 0.248 e. The third-order valence-electron chi connectivity index (χ3n) is 4.52. The molecule has 1 fully saturated rings. The van der Waals surface area contributed by atoms with Crippen LogP contribution in [0.4, 0.5) is 5.95 Å². The van der Waals surface area contributed by atoms with Crippen molar-refractivity contribution in [2.24, 2.45) is 0 Å². The van der Waals surface area contributed by atoms with E-state index in [-0.39, 0.29) is 18.0 Å². The lowest BCUT2D eigenvalue weighted by Crippen LogP contribution is -2.39. The van der Waals surface area contributed by atoms with Gasteiger partial charge >= 0.3 is 0 Å². The van der Waals surface area contributed by atoms with Crippen molar-refractivity contribution in [1.29, 1.82) is 0 Å². The van der Waals surface area contributed by atoms with Crippen LogP contribution in [0.15, 0.2) is 54.7 Å². The van der Waals surface area contributed by atoms with E-state index in [1.54, 1.807) is 6.20 Å². The standard InChI is InChI=1S/C19H21N7O/c27-18(16-12-15(23-24-16)14-8-4-5-11-20-14)22-19-21-17(25-26-19)10-9-13-6-2-1-3-7-13/h1-8,11,15-16,23-24H,9-10,12H2,(H2,21,22,25,26,27). The summed E-state index contributed by atoms with van der Waals surface area (Å²) in [6.07, 6.45) is 3.95. The maximum atomic E-state index is 12.5. The van der Waals surface area contributed by atoms with Gasteiger partial charge in [-0.2, -0.15) is 4.98 Å². The van der Waals surface area contributed by atoms with E-state index in [4.69, 9.17) is 0 Å². The van der Waals surface area contributed by atoms with Crippen LogP contribution in [0.2, 0.25) is 0 Å². The number of carbonyl (C=O) groups excluding carboxylic acids is 1. The number of pyridine rings is 1. The van der Waals surface area contributed by atoms with Crippen molar-refractivity contribution in [3.8, 4) is 0 Å². The first kappa shape index (κ1) is 17.3. The first-order chi connectivity index (χ1) is 13.3. The SMILES string of the molecule is O=C(Nc1n[nH]c(CCc2ccccc2)n1)C1CC(c2ccccn2)NN1. The van der Waals surface area contributed by atoms with Crippen LogP contribution < -0.4 is 16.2 Å². The van der Waals surface area contributed by atoms with Crippen molar-refractivity contribution in [2.75, 3.05) is 5.32 Å². The summed E-state index contributed by atoms with van der Waals surface area (Å²) >= 11 is 0. The molecule has 2 atom stereocenters. The zero-order valence-corrected chi connectivity index (χ0v) is 14.7. The van der Waals surface area contributed by atoms with Crippen molar-refractivity contribution in [1.82, 2.24) is 31.0 Å². The molecule has 3 aromatic rings. The highest BCUT2D eigenvalue weighted by atomic mass is 16.2. The second-order valence-corrected chi connectivity index (χ2v) is 6.46. The molecule has 8 nitrogen and oxygen atoms in total. The summed E-state index contributed by atoms with van der Waals surface area (Å²) in [5.74, 6) is 0.874. The maximum absolute atomic E-state index is 12.5. The minimum Gasteiger partial charge on any atom is -0.292 e. The number of hydrogen-bond donors (Lipinski definition) is 4. The summed E-state index contributed by atoms with van der Waals surface area (Å²) in [5, 5.41) is 9.73. The molecule has 1 aliphatic rings. The van der Waals surface area contributed by atoms with Gasteiger partial charge in [0.2, 0.25) is 11.9 Å². The van der Waals surface area contributed by atoms with Gasteiger partial charge in [0, 0.05) is 12.6 Å². The summed E-state index contributed by atoms with van der Waals surface area (Å²) in [6, 6.07) is 15.6. The molecule has 1 amide bonds. The predicted octanol–water partition coefficient (Wildman–Crippen LogP) is 1.53. The average molecular weight is 363 g/mol. The highest BCUT2D eigenvalue weighted by Gasteiger charge is 2.31. The number of anilines is 1. The van der Waals surface area contributed by atoms with Crippen molar-refractivity contribution >= 4 is 11.9 Å². The fourth-order valence-electron chi connectivity index (χ4n) is 3.07. The number of nitrogens with one attached hydrogen (secondary N) is 4. The van der Waals surface area contributed by atoms with Crippen molar-refractivity contribution in [3.63, 3.8) is 0 Å². The molecule has 2 aromatic heterocycles. The lowest BCUT2D eigenvalue weighted by molar-refractivity contribution is -0.117. The van der Waals surface area contributed by atoms with Gasteiger partial charge in [-0.25, -0.2) is 10.9 Å². The van der Waals surface area contributed by atoms with E-state index in [2.05, 4.69) is 48.5 Å². The topological polar surface area (TPSA) is 108 Å². The van der Waals surface area contributed by atoms with Crippen molar-refractivity contribution in [3.05, 3.63) is 71.8 Å². The quantitative estimate of drug-likeness (QED) is 0.529. The Kier molecular flexibility index (Phi) is 5.17. The number of nitrogens with zero attached hydrogens (tertiary/aromatic N) is 3. The van der Waals surface area contributed by atoms with Gasteiger partial charge in [0.05, 0.1) is 11.7 Å². The number of H-pyrrole nitrogens is 1. The molecule has 1 aromatic carbocycles. The Bertz CT molecular complexity index is 881. The van der Waals surface area contributed by atoms with Gasteiger partial charge < -0.3 is 0 Å². The number of aryl methyl sites for hydroxylation is 2. The van der Waals surface area contributed by atoms with Crippen molar-refractivity contribution < 1.29 is 4.79 Å². The van der Waals surface area contributed by atoms with E-state index in [0.29, 0.717) is 12.4 Å². The molecule has 4 rings (SSSR count). The van der Waals surface area contributed by atoms with Gasteiger partial charge in [-0.1, -0.05) is 36.4 Å². The molecule has 0 radical (unpaired) electrons. The molecule has 0 aliphatic carbocycles. The Balaban J connectivity index is 1.29. The van der Waals surface area contributed by atoms with Gasteiger partial charge in [-0.3, -0.25) is 20.2 Å². The molecule has 1 aliphatic heterocycles. The van der Waals surface area contributed by atoms with Crippen LogP contribution in [0.5, 0.6) is 0 Å².